The smallest absolute Gasteiger partial charge is 0.322 e. The number of nitrogens with zero attached hydrogens (tertiary/aromatic N) is 3. The Morgan fingerprint density at radius 2 is 2.00 bits per heavy atom. The van der Waals surface area contributed by atoms with E-state index >= 15 is 0 Å². The van der Waals surface area contributed by atoms with E-state index in [0.29, 0.717) is 18.9 Å². The number of hydrogen-bond acceptors (Lipinski definition) is 5. The Morgan fingerprint density at radius 1 is 1.21 bits per heavy atom. The van der Waals surface area contributed by atoms with E-state index in [1.165, 1.54) is 0 Å². The summed E-state index contributed by atoms with van der Waals surface area (Å²) in [5, 5.41) is 4.02. The third-order valence-corrected chi connectivity index (χ3v) is 5.10. The molecule has 1 aromatic carbocycles. The van der Waals surface area contributed by atoms with Crippen LogP contribution in [0, 0.1) is 0 Å². The zero-order valence-electron chi connectivity index (χ0n) is 16.1. The summed E-state index contributed by atoms with van der Waals surface area (Å²) in [6.45, 7) is 4.78. The van der Waals surface area contributed by atoms with E-state index in [-0.39, 0.29) is 12.1 Å². The molecular weight excluding hydrogens is 356 g/mol. The Morgan fingerprint density at radius 3 is 2.79 bits per heavy atom. The average Bonchev–Trinajstić information content (AvgIpc) is 3.18. The van der Waals surface area contributed by atoms with Crippen molar-refractivity contribution in [2.45, 2.75) is 13.0 Å². The highest BCUT2D eigenvalue weighted by molar-refractivity contribution is 5.92. The van der Waals surface area contributed by atoms with Gasteiger partial charge >= 0.3 is 6.03 Å². The molecule has 1 atom stereocenters. The molecule has 1 aliphatic heterocycles. The van der Waals surface area contributed by atoms with Crippen molar-refractivity contribution in [3.05, 3.63) is 54.4 Å². The minimum Gasteiger partial charge on any atom is -0.459 e. The van der Waals surface area contributed by atoms with E-state index in [1.807, 2.05) is 49.4 Å². The number of furan rings is 1. The van der Waals surface area contributed by atoms with Gasteiger partial charge in [0.25, 0.3) is 0 Å². The lowest BCUT2D eigenvalue weighted by atomic mass is 10.2. The van der Waals surface area contributed by atoms with E-state index < -0.39 is 0 Å². The fourth-order valence-corrected chi connectivity index (χ4v) is 3.30. The molecule has 7 heteroatoms. The molecule has 0 bridgehead atoms. The summed E-state index contributed by atoms with van der Waals surface area (Å²) in [7, 11) is 1.76. The number of benzene rings is 1. The molecule has 1 saturated heterocycles. The maximum atomic E-state index is 12.9. The summed E-state index contributed by atoms with van der Waals surface area (Å²) in [6, 6.07) is 13.1. The van der Waals surface area contributed by atoms with Crippen molar-refractivity contribution in [3.63, 3.8) is 0 Å². The maximum Gasteiger partial charge on any atom is 0.322 e. The number of carbonyl (C=O) groups is 1. The summed E-state index contributed by atoms with van der Waals surface area (Å²) < 4.78 is 11.3. The van der Waals surface area contributed by atoms with Crippen LogP contribution in [0.2, 0.25) is 0 Å². The van der Waals surface area contributed by atoms with Crippen LogP contribution >= 0.6 is 0 Å². The highest BCUT2D eigenvalue weighted by atomic mass is 16.5. The monoisotopic (exact) mass is 380 g/mol. The van der Waals surface area contributed by atoms with Gasteiger partial charge in [-0.3, -0.25) is 0 Å². The number of ether oxygens (including phenoxy) is 1. The third-order valence-electron chi connectivity index (χ3n) is 5.10. The second-order valence-corrected chi connectivity index (χ2v) is 6.88. The van der Waals surface area contributed by atoms with Crippen LogP contribution in [0.25, 0.3) is 11.0 Å². The Hall–Kier alpha value is -3.06. The Bertz CT molecular complexity index is 932. The number of amides is 2. The standard InChI is InChI=1S/C21H24N4O3/c1-15(19-14-16-6-3-4-8-18(16)28-19)24(2)21(26)23-17-7-5-9-22-20(17)25-10-12-27-13-11-25/h3-9,14-15H,10-13H2,1-2H3,(H,23,26). The number of hydrogen-bond donors (Lipinski definition) is 1. The maximum absolute atomic E-state index is 12.9. The van der Waals surface area contributed by atoms with Crippen LogP contribution in [0.15, 0.2) is 53.1 Å². The van der Waals surface area contributed by atoms with Crippen LogP contribution in [-0.4, -0.2) is 49.3 Å². The molecule has 1 aliphatic rings. The summed E-state index contributed by atoms with van der Waals surface area (Å²) >= 11 is 0. The van der Waals surface area contributed by atoms with Gasteiger partial charge in [-0.2, -0.15) is 0 Å². The number of carbonyl (C=O) groups excluding carboxylic acids is 1. The fraction of sp³-hybridized carbons (Fsp3) is 0.333. The van der Waals surface area contributed by atoms with Crippen LogP contribution in [0.1, 0.15) is 18.7 Å². The lowest BCUT2D eigenvalue weighted by Gasteiger charge is -2.30. The second-order valence-electron chi connectivity index (χ2n) is 6.88. The van der Waals surface area contributed by atoms with Crippen molar-refractivity contribution >= 4 is 28.5 Å². The van der Waals surface area contributed by atoms with E-state index in [2.05, 4.69) is 15.2 Å². The van der Waals surface area contributed by atoms with Gasteiger partial charge in [-0.15, -0.1) is 0 Å². The van der Waals surface area contributed by atoms with Gasteiger partial charge in [0.1, 0.15) is 11.3 Å². The number of aromatic nitrogens is 1. The Kier molecular flexibility index (Phi) is 5.16. The molecule has 0 saturated carbocycles. The topological polar surface area (TPSA) is 70.8 Å². The quantitative estimate of drug-likeness (QED) is 0.744. The first-order valence-electron chi connectivity index (χ1n) is 9.43. The normalized spacial score (nSPS) is 15.4. The van der Waals surface area contributed by atoms with Crippen molar-refractivity contribution in [3.8, 4) is 0 Å². The molecule has 3 aromatic rings. The van der Waals surface area contributed by atoms with Crippen LogP contribution in [0.5, 0.6) is 0 Å². The zero-order chi connectivity index (χ0) is 19.5. The number of nitrogens with one attached hydrogen (secondary N) is 1. The summed E-state index contributed by atoms with van der Waals surface area (Å²) in [5.41, 5.74) is 1.51. The second kappa shape index (κ2) is 7.90. The van der Waals surface area contributed by atoms with Gasteiger partial charge in [0.2, 0.25) is 0 Å². The molecule has 28 heavy (non-hydrogen) atoms. The van der Waals surface area contributed by atoms with Crippen molar-refractivity contribution < 1.29 is 13.9 Å². The molecule has 3 heterocycles. The van der Waals surface area contributed by atoms with E-state index in [0.717, 1.165) is 35.6 Å². The van der Waals surface area contributed by atoms with Crippen molar-refractivity contribution in [2.24, 2.45) is 0 Å². The molecule has 1 unspecified atom stereocenters. The summed E-state index contributed by atoms with van der Waals surface area (Å²) in [6.07, 6.45) is 1.74. The van der Waals surface area contributed by atoms with E-state index in [4.69, 9.17) is 9.15 Å². The summed E-state index contributed by atoms with van der Waals surface area (Å²) in [4.78, 5) is 21.1. The first-order valence-corrected chi connectivity index (χ1v) is 9.43. The summed E-state index contributed by atoms with van der Waals surface area (Å²) in [5.74, 6) is 1.52. The highest BCUT2D eigenvalue weighted by Crippen LogP contribution is 2.28. The minimum absolute atomic E-state index is 0.212. The molecule has 2 amide bonds. The number of urea groups is 1. The third kappa shape index (κ3) is 3.66. The van der Waals surface area contributed by atoms with Crippen molar-refractivity contribution in [1.82, 2.24) is 9.88 Å². The first kappa shape index (κ1) is 18.3. The molecule has 0 aliphatic carbocycles. The first-order chi connectivity index (χ1) is 13.6. The van der Waals surface area contributed by atoms with Crippen LogP contribution in [0.3, 0.4) is 0 Å². The molecular formula is C21H24N4O3. The number of fused-ring (bicyclic) bond motifs is 1. The van der Waals surface area contributed by atoms with Gasteiger partial charge in [-0.1, -0.05) is 18.2 Å². The predicted molar refractivity (Wildman–Crippen MR) is 109 cm³/mol. The SMILES string of the molecule is CC(c1cc2ccccc2o1)N(C)C(=O)Nc1cccnc1N1CCOCC1. The van der Waals surface area contributed by atoms with Gasteiger partial charge in [-0.25, -0.2) is 9.78 Å². The van der Waals surface area contributed by atoms with Crippen molar-refractivity contribution in [1.29, 1.82) is 0 Å². The molecule has 1 N–H and O–H groups in total. The number of anilines is 2. The molecule has 7 nitrogen and oxygen atoms in total. The fourth-order valence-electron chi connectivity index (χ4n) is 3.30. The molecule has 1 fully saturated rings. The largest absolute Gasteiger partial charge is 0.459 e. The number of pyridine rings is 1. The molecule has 0 radical (unpaired) electrons. The van der Waals surface area contributed by atoms with E-state index in [9.17, 15) is 4.79 Å². The molecule has 0 spiro atoms. The number of para-hydroxylation sites is 1. The van der Waals surface area contributed by atoms with Crippen LogP contribution in [0.4, 0.5) is 16.3 Å². The van der Waals surface area contributed by atoms with E-state index in [1.54, 1.807) is 18.1 Å². The Labute approximate surface area is 163 Å². The lowest BCUT2D eigenvalue weighted by molar-refractivity contribution is 0.122. The average molecular weight is 380 g/mol. The Balaban J connectivity index is 1.50. The van der Waals surface area contributed by atoms with Gasteiger partial charge in [0, 0.05) is 31.7 Å². The predicted octanol–water partition coefficient (Wildman–Crippen LogP) is 3.89. The molecule has 2 aromatic heterocycles. The van der Waals surface area contributed by atoms with Crippen LogP contribution < -0.4 is 10.2 Å². The minimum atomic E-state index is -0.213. The molecule has 146 valence electrons. The zero-order valence-corrected chi connectivity index (χ0v) is 16.1. The van der Waals surface area contributed by atoms with Gasteiger partial charge in [0.15, 0.2) is 5.82 Å². The highest BCUT2D eigenvalue weighted by Gasteiger charge is 2.23. The number of rotatable bonds is 4. The molecule has 4 rings (SSSR count). The van der Waals surface area contributed by atoms with Gasteiger partial charge in [-0.05, 0) is 31.2 Å². The van der Waals surface area contributed by atoms with Crippen molar-refractivity contribution in [2.75, 3.05) is 43.6 Å². The number of morpholine rings is 1. The lowest BCUT2D eigenvalue weighted by Crippen LogP contribution is -2.38. The van der Waals surface area contributed by atoms with Gasteiger partial charge < -0.3 is 24.3 Å². The van der Waals surface area contributed by atoms with Gasteiger partial charge in [0.05, 0.1) is 24.9 Å². The van der Waals surface area contributed by atoms with Crippen LogP contribution in [-0.2, 0) is 4.74 Å².